The molecule has 1 aromatic carbocycles. The number of benzene rings is 1. The van der Waals surface area contributed by atoms with Crippen molar-refractivity contribution in [1.29, 1.82) is 0 Å². The summed E-state index contributed by atoms with van der Waals surface area (Å²) in [6, 6.07) is 8.05. The van der Waals surface area contributed by atoms with Crippen LogP contribution in [0.3, 0.4) is 0 Å². The largest absolute Gasteiger partial charge is 0.465 e. The van der Waals surface area contributed by atoms with E-state index in [0.717, 1.165) is 49.2 Å². The summed E-state index contributed by atoms with van der Waals surface area (Å²) in [7, 11) is 0. The molecular weight excluding hydrogens is 420 g/mol. The molecule has 34 heavy (non-hydrogen) atoms. The van der Waals surface area contributed by atoms with Crippen LogP contribution in [0.1, 0.15) is 117 Å². The summed E-state index contributed by atoms with van der Waals surface area (Å²) in [6.07, 6.45) is 21.3. The monoisotopic (exact) mass is 468 g/mol. The molecule has 0 spiro atoms. The smallest absolute Gasteiger partial charge is 0.200 e. The van der Waals surface area contributed by atoms with Gasteiger partial charge in [0.05, 0.1) is 6.10 Å². The normalized spacial score (nSPS) is 13.1. The van der Waals surface area contributed by atoms with Crippen LogP contribution in [0.5, 0.6) is 5.75 Å². The van der Waals surface area contributed by atoms with Gasteiger partial charge in [-0.1, -0.05) is 85.0 Å². The molecule has 0 radical (unpaired) electrons. The van der Waals surface area contributed by atoms with Gasteiger partial charge in [-0.15, -0.1) is 0 Å². The Morgan fingerprint density at radius 1 is 0.706 bits per heavy atom. The summed E-state index contributed by atoms with van der Waals surface area (Å²) in [5.74, 6) is 1.59. The van der Waals surface area contributed by atoms with E-state index < -0.39 is 0 Å². The molecule has 0 unspecified atom stereocenters. The lowest BCUT2D eigenvalue weighted by Gasteiger charge is -2.23. The molecule has 2 atom stereocenters. The van der Waals surface area contributed by atoms with Crippen LogP contribution in [-0.2, 0) is 11.2 Å². The molecule has 2 rings (SSSR count). The molecule has 4 heteroatoms. The minimum absolute atomic E-state index is 0.200. The highest BCUT2D eigenvalue weighted by Crippen LogP contribution is 2.22. The van der Waals surface area contributed by atoms with Gasteiger partial charge in [0.15, 0.2) is 12.1 Å². The highest BCUT2D eigenvalue weighted by molar-refractivity contribution is 5.55. The van der Waals surface area contributed by atoms with Gasteiger partial charge in [-0.3, -0.25) is 0 Å². The van der Waals surface area contributed by atoms with Crippen molar-refractivity contribution in [2.24, 2.45) is 0 Å². The number of hydrogen-bond acceptors (Lipinski definition) is 4. The third-order valence-corrected chi connectivity index (χ3v) is 6.26. The number of aryl methyl sites for hydroxylation is 1. The molecule has 1 heterocycles. The van der Waals surface area contributed by atoms with E-state index in [1.165, 1.54) is 63.4 Å². The first-order valence-electron chi connectivity index (χ1n) is 13.9. The third kappa shape index (κ3) is 11.5. The molecule has 1 aromatic heterocycles. The molecule has 0 saturated heterocycles. The molecule has 0 bridgehead atoms. The standard InChI is InChI=1S/C30H48N2O2/c1-5-8-9-10-11-12-13-14-15-18-26-23-31-30(32-24-26)27-19-21-28(22-20-27)34-29(17-7-3)33-25(4)16-6-2/h19-25,29H,5-18H2,1-4H3/t25-,29-/m0/s1. The topological polar surface area (TPSA) is 44.2 Å². The molecule has 0 amide bonds. The van der Waals surface area contributed by atoms with Crippen molar-refractivity contribution in [2.45, 2.75) is 130 Å². The van der Waals surface area contributed by atoms with Gasteiger partial charge in [0, 0.05) is 24.4 Å². The lowest BCUT2D eigenvalue weighted by Crippen LogP contribution is -2.25. The van der Waals surface area contributed by atoms with E-state index in [9.17, 15) is 0 Å². The van der Waals surface area contributed by atoms with E-state index in [4.69, 9.17) is 9.47 Å². The predicted octanol–water partition coefficient (Wildman–Crippen LogP) is 8.93. The van der Waals surface area contributed by atoms with Gasteiger partial charge in [-0.05, 0) is 56.0 Å². The van der Waals surface area contributed by atoms with Crippen LogP contribution in [0.25, 0.3) is 11.4 Å². The van der Waals surface area contributed by atoms with Crippen LogP contribution in [-0.4, -0.2) is 22.4 Å². The second-order valence-electron chi connectivity index (χ2n) is 9.59. The molecule has 0 fully saturated rings. The SMILES string of the molecule is CCCCCCCCCCCc1cnc(-c2ccc(O[C@@H](CCC)O[C@@H](C)CCC)cc2)nc1. The molecule has 2 aromatic rings. The number of hydrogen-bond donors (Lipinski definition) is 0. The van der Waals surface area contributed by atoms with Gasteiger partial charge in [-0.25, -0.2) is 9.97 Å². The van der Waals surface area contributed by atoms with Gasteiger partial charge in [-0.2, -0.15) is 0 Å². The van der Waals surface area contributed by atoms with Crippen molar-refractivity contribution in [3.8, 4) is 17.1 Å². The summed E-state index contributed by atoms with van der Waals surface area (Å²) in [6.45, 7) is 8.73. The summed E-state index contributed by atoms with van der Waals surface area (Å²) >= 11 is 0. The average Bonchev–Trinajstić information content (AvgIpc) is 2.84. The van der Waals surface area contributed by atoms with Crippen LogP contribution in [0.4, 0.5) is 0 Å². The second kappa shape index (κ2) is 17.5. The van der Waals surface area contributed by atoms with Crippen LogP contribution in [0.2, 0.25) is 0 Å². The maximum atomic E-state index is 6.12. The number of nitrogens with zero attached hydrogens (tertiary/aromatic N) is 2. The lowest BCUT2D eigenvalue weighted by molar-refractivity contribution is -0.119. The Balaban J connectivity index is 1.75. The second-order valence-corrected chi connectivity index (χ2v) is 9.59. The lowest BCUT2D eigenvalue weighted by atomic mass is 10.1. The Morgan fingerprint density at radius 3 is 1.88 bits per heavy atom. The van der Waals surface area contributed by atoms with Crippen molar-refractivity contribution in [2.75, 3.05) is 0 Å². The van der Waals surface area contributed by atoms with E-state index in [0.29, 0.717) is 0 Å². The van der Waals surface area contributed by atoms with E-state index in [1.54, 1.807) is 0 Å². The van der Waals surface area contributed by atoms with E-state index in [1.807, 2.05) is 36.7 Å². The average molecular weight is 469 g/mol. The Morgan fingerprint density at radius 2 is 1.29 bits per heavy atom. The quantitative estimate of drug-likeness (QED) is 0.152. The molecule has 0 saturated carbocycles. The number of ether oxygens (including phenoxy) is 2. The van der Waals surface area contributed by atoms with Gasteiger partial charge >= 0.3 is 0 Å². The fraction of sp³-hybridized carbons (Fsp3) is 0.667. The minimum atomic E-state index is -0.200. The summed E-state index contributed by atoms with van der Waals surface area (Å²) < 4.78 is 12.2. The van der Waals surface area contributed by atoms with Crippen molar-refractivity contribution in [3.05, 3.63) is 42.2 Å². The molecule has 0 N–H and O–H groups in total. The Kier molecular flexibility index (Phi) is 14.6. The predicted molar refractivity (Wildman–Crippen MR) is 143 cm³/mol. The minimum Gasteiger partial charge on any atom is -0.465 e. The summed E-state index contributed by atoms with van der Waals surface area (Å²) in [4.78, 5) is 9.22. The summed E-state index contributed by atoms with van der Waals surface area (Å²) in [5, 5.41) is 0. The molecule has 4 nitrogen and oxygen atoms in total. The zero-order valence-corrected chi connectivity index (χ0v) is 22.2. The molecular formula is C30H48N2O2. The highest BCUT2D eigenvalue weighted by Gasteiger charge is 2.14. The van der Waals surface area contributed by atoms with Crippen molar-refractivity contribution < 1.29 is 9.47 Å². The fourth-order valence-electron chi connectivity index (χ4n) is 4.23. The highest BCUT2D eigenvalue weighted by atomic mass is 16.7. The van der Waals surface area contributed by atoms with E-state index in [-0.39, 0.29) is 12.4 Å². The van der Waals surface area contributed by atoms with Gasteiger partial charge < -0.3 is 9.47 Å². The van der Waals surface area contributed by atoms with Crippen LogP contribution in [0.15, 0.2) is 36.7 Å². The molecule has 190 valence electrons. The maximum Gasteiger partial charge on any atom is 0.200 e. The van der Waals surface area contributed by atoms with Crippen LogP contribution < -0.4 is 4.74 Å². The Labute approximate surface area is 208 Å². The number of aromatic nitrogens is 2. The number of unbranched alkanes of at least 4 members (excludes halogenated alkanes) is 8. The van der Waals surface area contributed by atoms with Gasteiger partial charge in [0.1, 0.15) is 5.75 Å². The van der Waals surface area contributed by atoms with Crippen molar-refractivity contribution >= 4 is 0 Å². The third-order valence-electron chi connectivity index (χ3n) is 6.26. The van der Waals surface area contributed by atoms with Gasteiger partial charge in [0.2, 0.25) is 0 Å². The van der Waals surface area contributed by atoms with Crippen molar-refractivity contribution in [1.82, 2.24) is 9.97 Å². The first kappa shape index (κ1) is 28.3. The summed E-state index contributed by atoms with van der Waals surface area (Å²) in [5.41, 5.74) is 2.24. The molecule has 0 aliphatic heterocycles. The fourth-order valence-corrected chi connectivity index (χ4v) is 4.23. The van der Waals surface area contributed by atoms with Gasteiger partial charge in [0.25, 0.3) is 0 Å². The van der Waals surface area contributed by atoms with Crippen LogP contribution >= 0.6 is 0 Å². The molecule has 0 aliphatic carbocycles. The Hall–Kier alpha value is -1.94. The van der Waals surface area contributed by atoms with E-state index >= 15 is 0 Å². The zero-order valence-electron chi connectivity index (χ0n) is 22.2. The van der Waals surface area contributed by atoms with E-state index in [2.05, 4.69) is 37.7 Å². The maximum absolute atomic E-state index is 6.12. The first-order chi connectivity index (χ1) is 16.7. The first-order valence-corrected chi connectivity index (χ1v) is 13.9. The van der Waals surface area contributed by atoms with Crippen molar-refractivity contribution in [3.63, 3.8) is 0 Å². The Bertz CT molecular complexity index is 745. The zero-order chi connectivity index (χ0) is 24.4. The van der Waals surface area contributed by atoms with Crippen LogP contribution in [0, 0.1) is 0 Å². The number of rotatable bonds is 19. The molecule has 0 aliphatic rings.